The molecular formula is C21H25ClN6S. The Labute approximate surface area is 180 Å². The van der Waals surface area contributed by atoms with Gasteiger partial charge in [-0.05, 0) is 36.6 Å². The smallest absolute Gasteiger partial charge is 0.197 e. The zero-order valence-corrected chi connectivity index (χ0v) is 18.3. The summed E-state index contributed by atoms with van der Waals surface area (Å²) in [5, 5.41) is 9.67. The number of thiazole rings is 1. The molecule has 3 rings (SSSR count). The van der Waals surface area contributed by atoms with Gasteiger partial charge in [-0.3, -0.25) is 4.99 Å². The van der Waals surface area contributed by atoms with Gasteiger partial charge in [0.05, 0.1) is 5.69 Å². The van der Waals surface area contributed by atoms with Gasteiger partial charge in [0, 0.05) is 37.1 Å². The first kappa shape index (κ1) is 21.1. The second kappa shape index (κ2) is 9.71. The van der Waals surface area contributed by atoms with E-state index in [1.165, 1.54) is 11.3 Å². The van der Waals surface area contributed by atoms with Crippen LogP contribution in [0.25, 0.3) is 11.4 Å². The quantitative estimate of drug-likeness (QED) is 0.517. The van der Waals surface area contributed by atoms with Gasteiger partial charge >= 0.3 is 0 Å². The first-order valence-corrected chi connectivity index (χ1v) is 10.7. The summed E-state index contributed by atoms with van der Waals surface area (Å²) >= 11 is 7.73. The standard InChI is InChI=1S/C21H25ClN6S/c1-5-15-10-11-28(12-16(15)14(3)22)19-9-7-8-17(25-19)18-13-29-21(26-18)27-20(23-4)24-6-2/h5,7-9,13H,1,3,6,10-12H2,2,4H3,(H2,23,24,26,27). The number of halogens is 1. The number of guanidine groups is 1. The molecule has 0 amide bonds. The molecule has 6 nitrogen and oxygen atoms in total. The molecule has 2 aromatic rings. The van der Waals surface area contributed by atoms with Crippen LogP contribution in [0.5, 0.6) is 0 Å². The molecule has 0 aromatic carbocycles. The highest BCUT2D eigenvalue weighted by atomic mass is 35.5. The second-order valence-corrected chi connectivity index (χ2v) is 7.75. The largest absolute Gasteiger partial charge is 0.356 e. The fraction of sp³-hybridized carbons (Fsp3) is 0.286. The summed E-state index contributed by atoms with van der Waals surface area (Å²) in [4.78, 5) is 15.9. The maximum Gasteiger partial charge on any atom is 0.197 e. The molecule has 0 saturated carbocycles. The molecule has 0 saturated heterocycles. The predicted octanol–water partition coefficient (Wildman–Crippen LogP) is 4.66. The summed E-state index contributed by atoms with van der Waals surface area (Å²) < 4.78 is 0. The Morgan fingerprint density at radius 3 is 2.90 bits per heavy atom. The normalized spacial score (nSPS) is 14.7. The van der Waals surface area contributed by atoms with Gasteiger partial charge in [0.2, 0.25) is 0 Å². The lowest BCUT2D eigenvalue weighted by Crippen LogP contribution is -2.32. The minimum atomic E-state index is 0.560. The molecule has 152 valence electrons. The van der Waals surface area contributed by atoms with Crippen molar-refractivity contribution in [3.05, 3.63) is 59.0 Å². The van der Waals surface area contributed by atoms with Crippen LogP contribution in [0.15, 0.2) is 64.0 Å². The van der Waals surface area contributed by atoms with Gasteiger partial charge in [-0.1, -0.05) is 36.9 Å². The number of hydrogen-bond donors (Lipinski definition) is 2. The summed E-state index contributed by atoms with van der Waals surface area (Å²) in [6, 6.07) is 5.98. The molecule has 0 bridgehead atoms. The number of nitrogens with zero attached hydrogens (tertiary/aromatic N) is 4. The molecule has 29 heavy (non-hydrogen) atoms. The summed E-state index contributed by atoms with van der Waals surface area (Å²) in [5.41, 5.74) is 3.83. The molecule has 0 radical (unpaired) electrons. The van der Waals surface area contributed by atoms with E-state index in [4.69, 9.17) is 16.6 Å². The average Bonchev–Trinajstić information content (AvgIpc) is 3.21. The molecule has 0 atom stereocenters. The van der Waals surface area contributed by atoms with E-state index in [9.17, 15) is 0 Å². The van der Waals surface area contributed by atoms with Crippen LogP contribution in [-0.4, -0.2) is 42.6 Å². The molecule has 2 aromatic heterocycles. The van der Waals surface area contributed by atoms with E-state index in [1.807, 2.05) is 36.6 Å². The topological polar surface area (TPSA) is 65.4 Å². The van der Waals surface area contributed by atoms with Crippen molar-refractivity contribution in [3.63, 3.8) is 0 Å². The van der Waals surface area contributed by atoms with Gasteiger partial charge in [-0.25, -0.2) is 9.97 Å². The number of hydrogen-bond acceptors (Lipinski definition) is 5. The minimum Gasteiger partial charge on any atom is -0.356 e. The fourth-order valence-electron chi connectivity index (χ4n) is 3.10. The molecule has 3 heterocycles. The summed E-state index contributed by atoms with van der Waals surface area (Å²) in [6.45, 7) is 12.1. The van der Waals surface area contributed by atoms with E-state index in [-0.39, 0.29) is 0 Å². The van der Waals surface area contributed by atoms with Crippen molar-refractivity contribution >= 4 is 39.8 Å². The van der Waals surface area contributed by atoms with Crippen molar-refractivity contribution in [2.24, 2.45) is 4.99 Å². The Balaban J connectivity index is 1.80. The summed E-state index contributed by atoms with van der Waals surface area (Å²) in [5.74, 6) is 1.59. The highest BCUT2D eigenvalue weighted by molar-refractivity contribution is 7.14. The van der Waals surface area contributed by atoms with Crippen LogP contribution >= 0.6 is 22.9 Å². The van der Waals surface area contributed by atoms with Crippen LogP contribution in [0.1, 0.15) is 13.3 Å². The van der Waals surface area contributed by atoms with Gasteiger partial charge in [-0.15, -0.1) is 11.3 Å². The molecule has 1 aliphatic rings. The van der Waals surface area contributed by atoms with Crippen LogP contribution in [0.3, 0.4) is 0 Å². The number of rotatable bonds is 6. The third-order valence-corrected chi connectivity index (χ3v) is 5.57. The van der Waals surface area contributed by atoms with Gasteiger partial charge in [0.1, 0.15) is 11.5 Å². The molecule has 0 fully saturated rings. The third kappa shape index (κ3) is 5.05. The van der Waals surface area contributed by atoms with Crippen molar-refractivity contribution in [2.45, 2.75) is 13.3 Å². The zero-order valence-electron chi connectivity index (χ0n) is 16.7. The number of aliphatic imine (C=N–C) groups is 1. The summed E-state index contributed by atoms with van der Waals surface area (Å²) in [6.07, 6.45) is 2.74. The zero-order chi connectivity index (χ0) is 20.8. The Morgan fingerprint density at radius 1 is 1.38 bits per heavy atom. The van der Waals surface area contributed by atoms with Crippen molar-refractivity contribution in [1.29, 1.82) is 0 Å². The molecule has 0 unspecified atom stereocenters. The molecule has 0 spiro atoms. The minimum absolute atomic E-state index is 0.560. The van der Waals surface area contributed by atoms with E-state index in [2.05, 4.69) is 38.7 Å². The van der Waals surface area contributed by atoms with Gasteiger partial charge in [0.25, 0.3) is 0 Å². The van der Waals surface area contributed by atoms with Gasteiger partial charge in [-0.2, -0.15) is 0 Å². The van der Waals surface area contributed by atoms with Crippen molar-refractivity contribution in [2.75, 3.05) is 36.9 Å². The van der Waals surface area contributed by atoms with Crippen molar-refractivity contribution < 1.29 is 0 Å². The SMILES string of the molecule is C=CC1=C(C(=C)Cl)CN(c2cccc(-c3csc(NC(=NC)NCC)n3)n2)CC1. The van der Waals surface area contributed by atoms with Crippen molar-refractivity contribution in [1.82, 2.24) is 15.3 Å². The molecule has 8 heteroatoms. The van der Waals surface area contributed by atoms with Gasteiger partial charge < -0.3 is 15.5 Å². The van der Waals surface area contributed by atoms with Crippen LogP contribution in [-0.2, 0) is 0 Å². The predicted molar refractivity (Wildman–Crippen MR) is 125 cm³/mol. The number of nitrogens with one attached hydrogen (secondary N) is 2. The van der Waals surface area contributed by atoms with E-state index in [0.29, 0.717) is 17.5 Å². The molecule has 1 aliphatic heterocycles. The Kier molecular flexibility index (Phi) is 7.06. The van der Waals surface area contributed by atoms with Gasteiger partial charge in [0.15, 0.2) is 11.1 Å². The molecular weight excluding hydrogens is 404 g/mol. The third-order valence-electron chi connectivity index (χ3n) is 4.58. The van der Waals surface area contributed by atoms with E-state index >= 15 is 0 Å². The highest BCUT2D eigenvalue weighted by Crippen LogP contribution is 2.30. The molecule has 0 aliphatic carbocycles. The van der Waals surface area contributed by atoms with E-state index in [1.54, 1.807) is 7.05 Å². The van der Waals surface area contributed by atoms with Crippen LogP contribution in [0, 0.1) is 0 Å². The first-order chi connectivity index (χ1) is 14.0. The van der Waals surface area contributed by atoms with E-state index < -0.39 is 0 Å². The second-order valence-electron chi connectivity index (χ2n) is 6.43. The lowest BCUT2D eigenvalue weighted by Gasteiger charge is -2.31. The summed E-state index contributed by atoms with van der Waals surface area (Å²) in [7, 11) is 1.74. The lowest BCUT2D eigenvalue weighted by atomic mass is 10.00. The highest BCUT2D eigenvalue weighted by Gasteiger charge is 2.20. The Morgan fingerprint density at radius 2 is 2.21 bits per heavy atom. The number of allylic oxidation sites excluding steroid dienone is 1. The van der Waals surface area contributed by atoms with E-state index in [0.717, 1.165) is 53.0 Å². The monoisotopic (exact) mass is 428 g/mol. The van der Waals surface area contributed by atoms with Crippen LogP contribution in [0.4, 0.5) is 10.9 Å². The average molecular weight is 429 g/mol. The maximum atomic E-state index is 6.21. The van der Waals surface area contributed by atoms with Crippen LogP contribution < -0.4 is 15.5 Å². The lowest BCUT2D eigenvalue weighted by molar-refractivity contribution is 0.768. The van der Waals surface area contributed by atoms with Crippen molar-refractivity contribution in [3.8, 4) is 11.4 Å². The number of aromatic nitrogens is 2. The van der Waals surface area contributed by atoms with Crippen LogP contribution in [0.2, 0.25) is 0 Å². The number of anilines is 2. The number of pyridine rings is 1. The Hall–Kier alpha value is -2.64. The Bertz CT molecular complexity index is 962. The molecule has 2 N–H and O–H groups in total. The first-order valence-electron chi connectivity index (χ1n) is 9.40. The fourth-order valence-corrected chi connectivity index (χ4v) is 3.98. The maximum absolute atomic E-state index is 6.21.